The molecule has 1 aliphatic carbocycles. The van der Waals surface area contributed by atoms with Crippen molar-refractivity contribution < 1.29 is 14.6 Å². The molecule has 1 saturated carbocycles. The van der Waals surface area contributed by atoms with Gasteiger partial charge in [0.2, 0.25) is 5.91 Å². The molecule has 2 rings (SSSR count). The molecule has 2 fully saturated rings. The largest absolute Gasteiger partial charge is 0.391 e. The van der Waals surface area contributed by atoms with Crippen LogP contribution in [0.1, 0.15) is 44.9 Å². The Morgan fingerprint density at radius 1 is 1.12 bits per heavy atom. The molecule has 2 N–H and O–H groups in total. The number of aliphatic hydroxyl groups excluding tert-OH is 1. The summed E-state index contributed by atoms with van der Waals surface area (Å²) in [5.41, 5.74) is 0. The van der Waals surface area contributed by atoms with Crippen LogP contribution in [-0.2, 0) is 9.53 Å². The van der Waals surface area contributed by atoms with Gasteiger partial charge < -0.3 is 15.2 Å². The van der Waals surface area contributed by atoms with Gasteiger partial charge in [-0.05, 0) is 25.7 Å². The van der Waals surface area contributed by atoms with Crippen molar-refractivity contribution in [3.05, 3.63) is 0 Å². The van der Waals surface area contributed by atoms with Crippen LogP contribution in [0.5, 0.6) is 0 Å². The third-order valence-corrected chi connectivity index (χ3v) is 3.53. The van der Waals surface area contributed by atoms with Crippen LogP contribution in [0.25, 0.3) is 0 Å². The molecule has 92 valence electrons. The van der Waals surface area contributed by atoms with E-state index in [1.165, 1.54) is 0 Å². The molecular formula is C12H21NO3. The summed E-state index contributed by atoms with van der Waals surface area (Å²) in [5.74, 6) is -0.0385. The molecule has 16 heavy (non-hydrogen) atoms. The predicted octanol–water partition coefficient (Wildman–Crippen LogP) is 0.975. The van der Waals surface area contributed by atoms with Crippen LogP contribution >= 0.6 is 0 Å². The summed E-state index contributed by atoms with van der Waals surface area (Å²) >= 11 is 0. The van der Waals surface area contributed by atoms with Gasteiger partial charge in [0.25, 0.3) is 0 Å². The van der Waals surface area contributed by atoms with Crippen molar-refractivity contribution in [2.24, 2.45) is 0 Å². The minimum absolute atomic E-state index is 0.0385. The SMILES string of the molecule is O=C(NC1CCCCCC1O)C1CCCO1. The molecule has 0 aromatic rings. The third kappa shape index (κ3) is 2.95. The van der Waals surface area contributed by atoms with Crippen LogP contribution in [-0.4, -0.2) is 35.9 Å². The highest BCUT2D eigenvalue weighted by Crippen LogP contribution is 2.19. The summed E-state index contributed by atoms with van der Waals surface area (Å²) in [6.45, 7) is 0.686. The number of rotatable bonds is 2. The van der Waals surface area contributed by atoms with Gasteiger partial charge in [0.05, 0.1) is 12.1 Å². The molecular weight excluding hydrogens is 206 g/mol. The van der Waals surface area contributed by atoms with E-state index in [4.69, 9.17) is 4.74 Å². The quantitative estimate of drug-likeness (QED) is 0.691. The van der Waals surface area contributed by atoms with Crippen molar-refractivity contribution in [2.75, 3.05) is 6.61 Å². The summed E-state index contributed by atoms with van der Waals surface area (Å²) < 4.78 is 5.33. The minimum atomic E-state index is -0.382. The monoisotopic (exact) mass is 227 g/mol. The maximum Gasteiger partial charge on any atom is 0.249 e. The van der Waals surface area contributed by atoms with Gasteiger partial charge in [-0.1, -0.05) is 19.3 Å². The van der Waals surface area contributed by atoms with Crippen molar-refractivity contribution in [3.63, 3.8) is 0 Å². The number of carbonyl (C=O) groups is 1. The van der Waals surface area contributed by atoms with E-state index >= 15 is 0 Å². The third-order valence-electron chi connectivity index (χ3n) is 3.53. The van der Waals surface area contributed by atoms with Crippen LogP contribution in [0.3, 0.4) is 0 Å². The first-order valence-electron chi connectivity index (χ1n) is 6.37. The summed E-state index contributed by atoms with van der Waals surface area (Å²) in [6, 6.07) is -0.0702. The van der Waals surface area contributed by atoms with E-state index in [1.54, 1.807) is 0 Å². The maximum atomic E-state index is 11.8. The molecule has 0 radical (unpaired) electrons. The highest BCUT2D eigenvalue weighted by atomic mass is 16.5. The van der Waals surface area contributed by atoms with Gasteiger partial charge in [0.15, 0.2) is 0 Å². The van der Waals surface area contributed by atoms with Crippen LogP contribution < -0.4 is 5.32 Å². The fourth-order valence-electron chi connectivity index (χ4n) is 2.52. The lowest BCUT2D eigenvalue weighted by atomic mass is 10.1. The normalized spacial score (nSPS) is 35.7. The molecule has 1 saturated heterocycles. The van der Waals surface area contributed by atoms with Crippen molar-refractivity contribution in [2.45, 2.75) is 63.2 Å². The zero-order valence-corrected chi connectivity index (χ0v) is 9.65. The Balaban J connectivity index is 1.84. The van der Waals surface area contributed by atoms with Crippen molar-refractivity contribution >= 4 is 5.91 Å². The summed E-state index contributed by atoms with van der Waals surface area (Å²) in [6.07, 6.45) is 6.11. The highest BCUT2D eigenvalue weighted by Gasteiger charge is 2.28. The molecule has 1 amide bonds. The number of ether oxygens (including phenoxy) is 1. The maximum absolute atomic E-state index is 11.8. The lowest BCUT2D eigenvalue weighted by Gasteiger charge is -2.23. The van der Waals surface area contributed by atoms with Gasteiger partial charge >= 0.3 is 0 Å². The van der Waals surface area contributed by atoms with E-state index in [0.717, 1.165) is 44.9 Å². The molecule has 1 heterocycles. The number of amides is 1. The Kier molecular flexibility index (Phi) is 4.18. The lowest BCUT2D eigenvalue weighted by Crippen LogP contribution is -2.46. The van der Waals surface area contributed by atoms with E-state index in [0.29, 0.717) is 6.61 Å². The number of aliphatic hydroxyl groups is 1. The van der Waals surface area contributed by atoms with E-state index in [2.05, 4.69) is 5.32 Å². The highest BCUT2D eigenvalue weighted by molar-refractivity contribution is 5.81. The van der Waals surface area contributed by atoms with Crippen LogP contribution in [0.2, 0.25) is 0 Å². The smallest absolute Gasteiger partial charge is 0.249 e. The minimum Gasteiger partial charge on any atom is -0.391 e. The Morgan fingerprint density at radius 2 is 1.94 bits per heavy atom. The van der Waals surface area contributed by atoms with Gasteiger partial charge in [-0.25, -0.2) is 0 Å². The topological polar surface area (TPSA) is 58.6 Å². The average molecular weight is 227 g/mol. The van der Waals surface area contributed by atoms with Crippen molar-refractivity contribution in [3.8, 4) is 0 Å². The van der Waals surface area contributed by atoms with Crippen LogP contribution in [0, 0.1) is 0 Å². The second-order valence-electron chi connectivity index (χ2n) is 4.82. The molecule has 0 aromatic heterocycles. The van der Waals surface area contributed by atoms with E-state index in [1.807, 2.05) is 0 Å². The van der Waals surface area contributed by atoms with Gasteiger partial charge in [-0.3, -0.25) is 4.79 Å². The molecule has 0 spiro atoms. The van der Waals surface area contributed by atoms with Crippen LogP contribution in [0.15, 0.2) is 0 Å². The summed E-state index contributed by atoms with van der Waals surface area (Å²) in [5, 5.41) is 12.8. The summed E-state index contributed by atoms with van der Waals surface area (Å²) in [7, 11) is 0. The molecule has 3 unspecified atom stereocenters. The number of hydrogen-bond donors (Lipinski definition) is 2. The first-order chi connectivity index (χ1) is 7.77. The Morgan fingerprint density at radius 3 is 2.69 bits per heavy atom. The first-order valence-corrected chi connectivity index (χ1v) is 6.37. The number of nitrogens with one attached hydrogen (secondary N) is 1. The van der Waals surface area contributed by atoms with E-state index in [-0.39, 0.29) is 24.2 Å². The second kappa shape index (κ2) is 5.64. The summed E-state index contributed by atoms with van der Waals surface area (Å²) in [4.78, 5) is 11.8. The average Bonchev–Trinajstić information content (AvgIpc) is 2.73. The predicted molar refractivity (Wildman–Crippen MR) is 60.0 cm³/mol. The van der Waals surface area contributed by atoms with Crippen molar-refractivity contribution in [1.29, 1.82) is 0 Å². The molecule has 2 aliphatic rings. The molecule has 1 aliphatic heterocycles. The molecule has 0 aromatic carbocycles. The molecule has 4 heteroatoms. The van der Waals surface area contributed by atoms with Gasteiger partial charge in [0.1, 0.15) is 6.10 Å². The lowest BCUT2D eigenvalue weighted by molar-refractivity contribution is -0.131. The Labute approximate surface area is 96.4 Å². The zero-order valence-electron chi connectivity index (χ0n) is 9.65. The molecule has 0 bridgehead atoms. The van der Waals surface area contributed by atoms with Gasteiger partial charge in [-0.2, -0.15) is 0 Å². The standard InChI is InChI=1S/C12H21NO3/c14-10-6-3-1-2-5-9(10)13-12(15)11-7-4-8-16-11/h9-11,14H,1-8H2,(H,13,15). The van der Waals surface area contributed by atoms with Crippen molar-refractivity contribution in [1.82, 2.24) is 5.32 Å². The van der Waals surface area contributed by atoms with E-state index in [9.17, 15) is 9.90 Å². The fraction of sp³-hybridized carbons (Fsp3) is 0.917. The van der Waals surface area contributed by atoms with Crippen LogP contribution in [0.4, 0.5) is 0 Å². The molecule has 4 nitrogen and oxygen atoms in total. The Bertz CT molecular complexity index is 238. The Hall–Kier alpha value is -0.610. The number of carbonyl (C=O) groups excluding carboxylic acids is 1. The first kappa shape index (κ1) is 11.9. The van der Waals surface area contributed by atoms with Gasteiger partial charge in [0, 0.05) is 6.61 Å². The zero-order chi connectivity index (χ0) is 11.4. The van der Waals surface area contributed by atoms with Gasteiger partial charge in [-0.15, -0.1) is 0 Å². The molecule has 3 atom stereocenters. The fourth-order valence-corrected chi connectivity index (χ4v) is 2.52. The number of hydrogen-bond acceptors (Lipinski definition) is 3. The second-order valence-corrected chi connectivity index (χ2v) is 4.82. The van der Waals surface area contributed by atoms with E-state index < -0.39 is 0 Å².